The van der Waals surface area contributed by atoms with E-state index in [1.54, 1.807) is 55.4 Å². The third kappa shape index (κ3) is 12.1. The van der Waals surface area contributed by atoms with Gasteiger partial charge in [-0.25, -0.2) is 9.59 Å². The third-order valence-electron chi connectivity index (χ3n) is 6.05. The van der Waals surface area contributed by atoms with Crippen LogP contribution in [0.1, 0.15) is 118 Å². The van der Waals surface area contributed by atoms with Gasteiger partial charge in [0.05, 0.1) is 6.61 Å². The minimum atomic E-state index is -2.46. The number of nitrogens with one attached hydrogen (secondary N) is 1. The molecule has 1 heterocycles. The van der Waals surface area contributed by atoms with Crippen LogP contribution in [0.15, 0.2) is 18.2 Å². The summed E-state index contributed by atoms with van der Waals surface area (Å²) in [5.41, 5.74) is -1.72. The molecule has 1 aromatic rings. The maximum atomic E-state index is 13.5. The standard InChI is InChI=1S/C33H49NO12/c1-10-13-25(35)41-24-18-19-40-33(44-27(37)15-12-3,28(24)42-26(36)14-11-2)43-23-17-16-21(34-30(39)46-32(7,8)9)20-22(23)29(38)45-31(4,5)6/h16-17,20,24,28H,10-15,18-19H2,1-9H3,(H,34,39). The van der Waals surface area contributed by atoms with Gasteiger partial charge in [-0.2, -0.15) is 0 Å². The molecule has 1 saturated heterocycles. The van der Waals surface area contributed by atoms with Gasteiger partial charge in [0.2, 0.25) is 6.10 Å². The summed E-state index contributed by atoms with van der Waals surface area (Å²) in [4.78, 5) is 64.4. The summed E-state index contributed by atoms with van der Waals surface area (Å²) in [5, 5.41) is 2.57. The lowest BCUT2D eigenvalue weighted by molar-refractivity contribution is -0.390. The van der Waals surface area contributed by atoms with Crippen molar-refractivity contribution in [3.8, 4) is 5.75 Å². The number of carbonyl (C=O) groups excluding carboxylic acids is 5. The molecule has 1 N–H and O–H groups in total. The van der Waals surface area contributed by atoms with E-state index >= 15 is 0 Å². The van der Waals surface area contributed by atoms with Crippen molar-refractivity contribution in [3.05, 3.63) is 23.8 Å². The quantitative estimate of drug-likeness (QED) is 0.146. The van der Waals surface area contributed by atoms with Crippen LogP contribution in [-0.2, 0) is 42.8 Å². The average molecular weight is 652 g/mol. The first-order valence-electron chi connectivity index (χ1n) is 15.7. The molecule has 0 spiro atoms. The molecule has 258 valence electrons. The highest BCUT2D eigenvalue weighted by molar-refractivity contribution is 5.95. The SMILES string of the molecule is CCCC(=O)OC1CCOC(OC(=O)CCC)(Oc2ccc(NC(=O)OC(C)(C)C)cc2C(=O)OC(C)(C)C)C1OC(=O)CCC. The summed E-state index contributed by atoms with van der Waals surface area (Å²) in [7, 11) is 0. The summed E-state index contributed by atoms with van der Waals surface area (Å²) >= 11 is 0. The van der Waals surface area contributed by atoms with Gasteiger partial charge in [-0.15, -0.1) is 0 Å². The maximum Gasteiger partial charge on any atom is 0.417 e. The topological polar surface area (TPSA) is 162 Å². The molecule has 13 heteroatoms. The fourth-order valence-electron chi connectivity index (χ4n) is 4.26. The number of hydrogen-bond acceptors (Lipinski definition) is 12. The van der Waals surface area contributed by atoms with Gasteiger partial charge in [0.25, 0.3) is 0 Å². The number of benzene rings is 1. The lowest BCUT2D eigenvalue weighted by Crippen LogP contribution is -2.63. The summed E-state index contributed by atoms with van der Waals surface area (Å²) in [5.74, 6) is -5.45. The van der Waals surface area contributed by atoms with Crippen LogP contribution in [0, 0.1) is 0 Å². The second-order valence-electron chi connectivity index (χ2n) is 12.8. The highest BCUT2D eigenvalue weighted by Crippen LogP contribution is 2.38. The molecule has 46 heavy (non-hydrogen) atoms. The molecule has 1 fully saturated rings. The molecule has 3 atom stereocenters. The Morgan fingerprint density at radius 2 is 1.39 bits per heavy atom. The first-order chi connectivity index (χ1) is 21.4. The van der Waals surface area contributed by atoms with Crippen LogP contribution >= 0.6 is 0 Å². The van der Waals surface area contributed by atoms with Gasteiger partial charge in [0, 0.05) is 31.4 Å². The van der Waals surface area contributed by atoms with Gasteiger partial charge in [-0.05, 0) is 79.0 Å². The van der Waals surface area contributed by atoms with Crippen LogP contribution in [0.2, 0.25) is 0 Å². The zero-order valence-electron chi connectivity index (χ0n) is 28.4. The van der Waals surface area contributed by atoms with E-state index in [0.717, 1.165) is 0 Å². The minimum Gasteiger partial charge on any atom is -0.458 e. The molecule has 0 aromatic heterocycles. The van der Waals surface area contributed by atoms with E-state index in [0.29, 0.717) is 19.3 Å². The van der Waals surface area contributed by atoms with Gasteiger partial charge in [0.1, 0.15) is 22.5 Å². The van der Waals surface area contributed by atoms with E-state index < -0.39 is 59.4 Å². The Labute approximate surface area is 270 Å². The van der Waals surface area contributed by atoms with Crippen LogP contribution in [0.4, 0.5) is 10.5 Å². The number of anilines is 1. The molecule has 0 saturated carbocycles. The smallest absolute Gasteiger partial charge is 0.417 e. The van der Waals surface area contributed by atoms with E-state index in [4.69, 9.17) is 33.2 Å². The largest absolute Gasteiger partial charge is 0.458 e. The summed E-state index contributed by atoms with van der Waals surface area (Å²) in [6.07, 6.45) is -1.88. The number of rotatable bonds is 13. The number of amides is 1. The predicted molar refractivity (Wildman–Crippen MR) is 166 cm³/mol. The average Bonchev–Trinajstić information content (AvgIpc) is 2.90. The number of esters is 4. The predicted octanol–water partition coefficient (Wildman–Crippen LogP) is 6.21. The van der Waals surface area contributed by atoms with Gasteiger partial charge in [-0.1, -0.05) is 20.8 Å². The first kappa shape index (κ1) is 38.3. The van der Waals surface area contributed by atoms with Crippen LogP contribution in [-0.4, -0.2) is 66.0 Å². The molecule has 1 aliphatic rings. The van der Waals surface area contributed by atoms with Gasteiger partial charge >= 0.3 is 35.9 Å². The Hall–Kier alpha value is -3.87. The summed E-state index contributed by atoms with van der Waals surface area (Å²) < 4.78 is 40.4. The highest BCUT2D eigenvalue weighted by Gasteiger charge is 2.58. The molecule has 0 aliphatic carbocycles. The Kier molecular flexibility index (Phi) is 13.8. The molecule has 1 aromatic carbocycles. The summed E-state index contributed by atoms with van der Waals surface area (Å²) in [6, 6.07) is 4.06. The molecule has 0 bridgehead atoms. The second-order valence-corrected chi connectivity index (χ2v) is 12.8. The summed E-state index contributed by atoms with van der Waals surface area (Å²) in [6.45, 7) is 15.4. The zero-order chi connectivity index (χ0) is 34.7. The van der Waals surface area contributed by atoms with E-state index in [1.165, 1.54) is 18.2 Å². The van der Waals surface area contributed by atoms with E-state index in [1.807, 2.05) is 6.92 Å². The Bertz CT molecular complexity index is 1230. The Morgan fingerprint density at radius 1 is 0.826 bits per heavy atom. The molecule has 13 nitrogen and oxygen atoms in total. The van der Waals surface area contributed by atoms with Crippen LogP contribution in [0.25, 0.3) is 0 Å². The maximum absolute atomic E-state index is 13.5. The molecule has 3 unspecified atom stereocenters. The van der Waals surface area contributed by atoms with Gasteiger partial charge in [0.15, 0.2) is 6.10 Å². The molecule has 1 amide bonds. The third-order valence-corrected chi connectivity index (χ3v) is 6.05. The van der Waals surface area contributed by atoms with Crippen molar-refractivity contribution in [2.75, 3.05) is 11.9 Å². The number of hydrogen-bond donors (Lipinski definition) is 1. The molecule has 2 rings (SSSR count). The molecular weight excluding hydrogens is 602 g/mol. The normalized spacial score (nSPS) is 19.8. The Morgan fingerprint density at radius 3 is 1.96 bits per heavy atom. The van der Waals surface area contributed by atoms with Gasteiger partial charge in [-0.3, -0.25) is 19.7 Å². The number of carbonyl (C=O) groups is 5. The van der Waals surface area contributed by atoms with Crippen molar-refractivity contribution < 1.29 is 57.1 Å². The lowest BCUT2D eigenvalue weighted by Gasteiger charge is -2.43. The fourth-order valence-corrected chi connectivity index (χ4v) is 4.26. The van der Waals surface area contributed by atoms with Crippen LogP contribution in [0.5, 0.6) is 5.75 Å². The van der Waals surface area contributed by atoms with Crippen molar-refractivity contribution in [1.82, 2.24) is 0 Å². The lowest BCUT2D eigenvalue weighted by atomic mass is 10.0. The molecular formula is C33H49NO12. The van der Waals surface area contributed by atoms with Crippen molar-refractivity contribution in [3.63, 3.8) is 0 Å². The van der Waals surface area contributed by atoms with Crippen LogP contribution < -0.4 is 10.1 Å². The van der Waals surface area contributed by atoms with Crippen molar-refractivity contribution in [1.29, 1.82) is 0 Å². The first-order valence-corrected chi connectivity index (χ1v) is 15.7. The van der Waals surface area contributed by atoms with Crippen molar-refractivity contribution in [2.45, 2.75) is 137 Å². The Balaban J connectivity index is 2.70. The van der Waals surface area contributed by atoms with Crippen molar-refractivity contribution >= 4 is 35.7 Å². The zero-order valence-corrected chi connectivity index (χ0v) is 28.4. The van der Waals surface area contributed by atoms with E-state index in [9.17, 15) is 24.0 Å². The van der Waals surface area contributed by atoms with Gasteiger partial charge < -0.3 is 33.2 Å². The number of ether oxygens (including phenoxy) is 7. The van der Waals surface area contributed by atoms with Crippen LogP contribution in [0.3, 0.4) is 0 Å². The fraction of sp³-hybridized carbons (Fsp3) is 0.667. The van der Waals surface area contributed by atoms with Crippen molar-refractivity contribution in [2.24, 2.45) is 0 Å². The molecule has 1 aliphatic heterocycles. The van der Waals surface area contributed by atoms with E-state index in [-0.39, 0.29) is 49.3 Å². The monoisotopic (exact) mass is 651 g/mol. The van der Waals surface area contributed by atoms with E-state index in [2.05, 4.69) is 5.32 Å². The minimum absolute atomic E-state index is 0.0132. The highest BCUT2D eigenvalue weighted by atomic mass is 16.9. The molecule has 0 radical (unpaired) electrons. The second kappa shape index (κ2) is 16.6.